The summed E-state index contributed by atoms with van der Waals surface area (Å²) in [5, 5.41) is 27.4. The molecular weight excluding hydrogens is 214 g/mol. The molecule has 0 amide bonds. The lowest BCUT2D eigenvalue weighted by Crippen LogP contribution is -2.50. The van der Waals surface area contributed by atoms with Gasteiger partial charge in [-0.05, 0) is 0 Å². The van der Waals surface area contributed by atoms with Crippen LogP contribution in [0.2, 0.25) is 0 Å². The van der Waals surface area contributed by atoms with E-state index in [1.54, 1.807) is 0 Å². The van der Waals surface area contributed by atoms with E-state index in [1.807, 2.05) is 0 Å². The average molecular weight is 224 g/mol. The van der Waals surface area contributed by atoms with Crippen molar-refractivity contribution in [2.75, 3.05) is 0 Å². The molecule has 0 bridgehead atoms. The zero-order chi connectivity index (χ0) is 8.59. The van der Waals surface area contributed by atoms with Gasteiger partial charge in [-0.25, -0.2) is 0 Å². The number of hydrogen-bond acceptors (Lipinski definition) is 4. The van der Waals surface area contributed by atoms with Gasteiger partial charge in [0.1, 0.15) is 18.3 Å². The average Bonchev–Trinajstić information content (AvgIpc) is 1.97. The van der Waals surface area contributed by atoms with Gasteiger partial charge in [-0.2, -0.15) is 0 Å². The SMILES string of the molecule is N[C@H]1C=C(Br)[C@@H](O)[C@@H](O)[C@@H]1O. The van der Waals surface area contributed by atoms with Crippen molar-refractivity contribution in [1.29, 1.82) is 0 Å². The van der Waals surface area contributed by atoms with Crippen molar-refractivity contribution in [3.63, 3.8) is 0 Å². The Balaban J connectivity index is 2.83. The Morgan fingerprint density at radius 1 is 1.27 bits per heavy atom. The lowest BCUT2D eigenvalue weighted by atomic mass is 9.95. The van der Waals surface area contributed by atoms with Crippen LogP contribution < -0.4 is 5.73 Å². The van der Waals surface area contributed by atoms with Crippen molar-refractivity contribution in [2.24, 2.45) is 5.73 Å². The summed E-state index contributed by atoms with van der Waals surface area (Å²) in [5.74, 6) is 0. The number of hydrogen-bond donors (Lipinski definition) is 4. The lowest BCUT2D eigenvalue weighted by molar-refractivity contribution is -0.0530. The molecule has 0 fully saturated rings. The van der Waals surface area contributed by atoms with Crippen LogP contribution in [0.5, 0.6) is 0 Å². The monoisotopic (exact) mass is 223 g/mol. The highest BCUT2D eigenvalue weighted by Crippen LogP contribution is 2.23. The van der Waals surface area contributed by atoms with E-state index in [9.17, 15) is 0 Å². The third-order valence-corrected chi connectivity index (χ3v) is 2.44. The Hall–Kier alpha value is 0.0600. The third-order valence-electron chi connectivity index (χ3n) is 1.70. The molecule has 0 aliphatic heterocycles. The van der Waals surface area contributed by atoms with Gasteiger partial charge in [0.25, 0.3) is 0 Å². The summed E-state index contributed by atoms with van der Waals surface area (Å²) in [6.45, 7) is 0. The van der Waals surface area contributed by atoms with Crippen LogP contribution in [0.15, 0.2) is 10.6 Å². The van der Waals surface area contributed by atoms with Crippen molar-refractivity contribution in [2.45, 2.75) is 24.4 Å². The van der Waals surface area contributed by atoms with Crippen molar-refractivity contribution in [3.05, 3.63) is 10.6 Å². The smallest absolute Gasteiger partial charge is 0.114 e. The summed E-state index contributed by atoms with van der Waals surface area (Å²) < 4.78 is 0.419. The van der Waals surface area contributed by atoms with Crippen LogP contribution in [0, 0.1) is 0 Å². The Labute approximate surface area is 72.5 Å². The predicted molar refractivity (Wildman–Crippen MR) is 43.0 cm³/mol. The molecule has 1 aliphatic carbocycles. The van der Waals surface area contributed by atoms with Crippen molar-refractivity contribution >= 4 is 15.9 Å². The van der Waals surface area contributed by atoms with Gasteiger partial charge >= 0.3 is 0 Å². The standard InChI is InChI=1S/C6H10BrNO3/c7-2-1-3(8)5(10)6(11)4(2)9/h1,3-6,9-11H,8H2/t3-,4+,5+,6+/m0/s1. The zero-order valence-corrected chi connectivity index (χ0v) is 7.27. The molecule has 0 saturated heterocycles. The molecule has 1 aliphatic rings. The largest absolute Gasteiger partial charge is 0.388 e. The summed E-state index contributed by atoms with van der Waals surface area (Å²) in [6, 6.07) is -0.622. The quantitative estimate of drug-likeness (QED) is 0.411. The minimum absolute atomic E-state index is 0.419. The van der Waals surface area contributed by atoms with Crippen LogP contribution in [-0.4, -0.2) is 39.7 Å². The number of halogens is 1. The minimum Gasteiger partial charge on any atom is -0.388 e. The Kier molecular flexibility index (Phi) is 2.66. The van der Waals surface area contributed by atoms with E-state index >= 15 is 0 Å². The first-order valence-corrected chi connectivity index (χ1v) is 4.00. The van der Waals surface area contributed by atoms with Crippen molar-refractivity contribution in [1.82, 2.24) is 0 Å². The fourth-order valence-corrected chi connectivity index (χ4v) is 1.53. The number of aliphatic hydroxyl groups excluding tert-OH is 3. The molecule has 5 N–H and O–H groups in total. The van der Waals surface area contributed by atoms with Crippen LogP contribution >= 0.6 is 15.9 Å². The maximum absolute atomic E-state index is 9.15. The predicted octanol–water partition coefficient (Wildman–Crippen LogP) is -1.31. The second-order valence-electron chi connectivity index (χ2n) is 2.55. The van der Waals surface area contributed by atoms with Gasteiger partial charge in [-0.1, -0.05) is 22.0 Å². The summed E-state index contributed by atoms with van der Waals surface area (Å²) in [4.78, 5) is 0. The molecule has 64 valence electrons. The summed E-state index contributed by atoms with van der Waals surface area (Å²) in [6.07, 6.45) is -1.89. The third kappa shape index (κ3) is 1.62. The summed E-state index contributed by atoms with van der Waals surface area (Å²) >= 11 is 3.02. The minimum atomic E-state index is -1.20. The molecule has 0 aromatic heterocycles. The molecule has 4 atom stereocenters. The van der Waals surface area contributed by atoms with Gasteiger partial charge in [0.05, 0.1) is 6.04 Å². The van der Waals surface area contributed by atoms with Gasteiger partial charge in [0.2, 0.25) is 0 Å². The maximum Gasteiger partial charge on any atom is 0.114 e. The first kappa shape index (κ1) is 9.15. The second kappa shape index (κ2) is 3.20. The van der Waals surface area contributed by atoms with Gasteiger partial charge in [-0.3, -0.25) is 0 Å². The van der Waals surface area contributed by atoms with Crippen LogP contribution in [-0.2, 0) is 0 Å². The molecule has 5 heteroatoms. The van der Waals surface area contributed by atoms with E-state index in [-0.39, 0.29) is 0 Å². The van der Waals surface area contributed by atoms with E-state index in [4.69, 9.17) is 21.1 Å². The van der Waals surface area contributed by atoms with Crippen LogP contribution in [0.25, 0.3) is 0 Å². The van der Waals surface area contributed by atoms with Crippen molar-refractivity contribution < 1.29 is 15.3 Å². The Morgan fingerprint density at radius 2 is 1.82 bits per heavy atom. The van der Waals surface area contributed by atoms with E-state index in [2.05, 4.69) is 15.9 Å². The molecule has 0 heterocycles. The molecule has 0 aromatic carbocycles. The zero-order valence-electron chi connectivity index (χ0n) is 5.68. The highest BCUT2D eigenvalue weighted by atomic mass is 79.9. The number of nitrogens with two attached hydrogens (primary N) is 1. The summed E-state index contributed by atoms with van der Waals surface area (Å²) in [5.41, 5.74) is 5.39. The summed E-state index contributed by atoms with van der Waals surface area (Å²) in [7, 11) is 0. The van der Waals surface area contributed by atoms with Gasteiger partial charge in [0.15, 0.2) is 0 Å². The molecule has 0 spiro atoms. The van der Waals surface area contributed by atoms with E-state index < -0.39 is 24.4 Å². The van der Waals surface area contributed by atoms with Crippen LogP contribution in [0.3, 0.4) is 0 Å². The highest BCUT2D eigenvalue weighted by molar-refractivity contribution is 9.11. The highest BCUT2D eigenvalue weighted by Gasteiger charge is 2.34. The lowest BCUT2D eigenvalue weighted by Gasteiger charge is -2.30. The van der Waals surface area contributed by atoms with Crippen LogP contribution in [0.1, 0.15) is 0 Å². The molecular formula is C6H10BrNO3. The topological polar surface area (TPSA) is 86.7 Å². The number of rotatable bonds is 0. The molecule has 1 rings (SSSR count). The van der Waals surface area contributed by atoms with E-state index in [1.165, 1.54) is 6.08 Å². The normalized spacial score (nSPS) is 45.4. The maximum atomic E-state index is 9.15. The molecule has 0 aromatic rings. The second-order valence-corrected chi connectivity index (χ2v) is 3.47. The van der Waals surface area contributed by atoms with Gasteiger partial charge in [0, 0.05) is 4.48 Å². The molecule has 11 heavy (non-hydrogen) atoms. The molecule has 0 unspecified atom stereocenters. The van der Waals surface area contributed by atoms with E-state index in [0.29, 0.717) is 4.48 Å². The first-order valence-electron chi connectivity index (χ1n) is 3.21. The molecule has 0 radical (unpaired) electrons. The van der Waals surface area contributed by atoms with Gasteiger partial charge < -0.3 is 21.1 Å². The fourth-order valence-electron chi connectivity index (χ4n) is 0.959. The Bertz CT molecular complexity index is 185. The fraction of sp³-hybridized carbons (Fsp3) is 0.667. The molecule has 4 nitrogen and oxygen atoms in total. The first-order chi connectivity index (χ1) is 5.04. The van der Waals surface area contributed by atoms with E-state index in [0.717, 1.165) is 0 Å². The van der Waals surface area contributed by atoms with Crippen molar-refractivity contribution in [3.8, 4) is 0 Å². The Morgan fingerprint density at radius 3 is 2.36 bits per heavy atom. The van der Waals surface area contributed by atoms with Crippen LogP contribution in [0.4, 0.5) is 0 Å². The van der Waals surface area contributed by atoms with Gasteiger partial charge in [-0.15, -0.1) is 0 Å². The molecule has 0 saturated carbocycles. The number of aliphatic hydroxyl groups is 3.